The van der Waals surface area contributed by atoms with Crippen LogP contribution in [-0.2, 0) is 6.54 Å². The van der Waals surface area contributed by atoms with Gasteiger partial charge in [-0.3, -0.25) is 0 Å². The lowest BCUT2D eigenvalue weighted by Crippen LogP contribution is -2.13. The van der Waals surface area contributed by atoms with Crippen molar-refractivity contribution >= 4 is 11.3 Å². The van der Waals surface area contributed by atoms with Crippen molar-refractivity contribution in [3.63, 3.8) is 0 Å². The van der Waals surface area contributed by atoms with Crippen LogP contribution < -0.4 is 5.32 Å². The summed E-state index contributed by atoms with van der Waals surface area (Å²) in [6.07, 6.45) is 3.96. The molecule has 1 rings (SSSR count). The van der Waals surface area contributed by atoms with Crippen molar-refractivity contribution in [1.82, 2.24) is 5.32 Å². The van der Waals surface area contributed by atoms with Crippen molar-refractivity contribution in [3.05, 3.63) is 22.4 Å². The van der Waals surface area contributed by atoms with Gasteiger partial charge in [0.2, 0.25) is 0 Å². The molecule has 0 unspecified atom stereocenters. The van der Waals surface area contributed by atoms with Crippen LogP contribution in [0.1, 0.15) is 31.1 Å². The van der Waals surface area contributed by atoms with Crippen LogP contribution in [-0.4, -0.2) is 6.54 Å². The van der Waals surface area contributed by atoms with E-state index < -0.39 is 0 Å². The third-order valence-electron chi connectivity index (χ3n) is 1.84. The molecule has 1 aromatic heterocycles. The summed E-state index contributed by atoms with van der Waals surface area (Å²) >= 11 is 1.82. The van der Waals surface area contributed by atoms with E-state index in [1.165, 1.54) is 24.1 Å². The van der Waals surface area contributed by atoms with Gasteiger partial charge in [0.05, 0.1) is 0 Å². The molecule has 0 saturated carbocycles. The normalized spacial score (nSPS) is 10.4. The molecule has 1 nitrogen and oxygen atoms in total. The summed E-state index contributed by atoms with van der Waals surface area (Å²) in [7, 11) is 0. The molecule has 0 aliphatic carbocycles. The van der Waals surface area contributed by atoms with Crippen LogP contribution >= 0.6 is 11.3 Å². The van der Waals surface area contributed by atoms with E-state index >= 15 is 0 Å². The van der Waals surface area contributed by atoms with Gasteiger partial charge in [-0.25, -0.2) is 0 Å². The maximum Gasteiger partial charge on any atom is 0.0299 e. The molecule has 1 N–H and O–H groups in total. The predicted octanol–water partition coefficient (Wildman–Crippen LogP) is 3.03. The van der Waals surface area contributed by atoms with E-state index in [-0.39, 0.29) is 0 Å². The fourth-order valence-corrected chi connectivity index (χ4v) is 1.80. The van der Waals surface area contributed by atoms with E-state index in [4.69, 9.17) is 0 Å². The molecular formula is C10H17NS. The summed E-state index contributed by atoms with van der Waals surface area (Å²) in [5, 5.41) is 5.56. The quantitative estimate of drug-likeness (QED) is 0.668. The molecule has 1 aromatic rings. The molecule has 12 heavy (non-hydrogen) atoms. The van der Waals surface area contributed by atoms with Crippen LogP contribution in [0.25, 0.3) is 0 Å². The van der Waals surface area contributed by atoms with Crippen LogP contribution in [0.4, 0.5) is 0 Å². The monoisotopic (exact) mass is 183 g/mol. The van der Waals surface area contributed by atoms with Gasteiger partial charge in [-0.05, 0) is 24.4 Å². The fourth-order valence-electron chi connectivity index (χ4n) is 1.12. The van der Waals surface area contributed by atoms with Gasteiger partial charge in [-0.1, -0.05) is 25.8 Å². The molecule has 0 radical (unpaired) electrons. The summed E-state index contributed by atoms with van der Waals surface area (Å²) in [4.78, 5) is 1.44. The molecule has 0 amide bonds. The summed E-state index contributed by atoms with van der Waals surface area (Å²) in [5.41, 5.74) is 0. The molecule has 0 fully saturated rings. The van der Waals surface area contributed by atoms with Crippen LogP contribution in [0.5, 0.6) is 0 Å². The molecule has 2 heteroatoms. The second kappa shape index (κ2) is 6.21. The highest BCUT2D eigenvalue weighted by atomic mass is 32.1. The highest BCUT2D eigenvalue weighted by Gasteiger charge is 1.91. The maximum atomic E-state index is 3.43. The second-order valence-corrected chi connectivity index (χ2v) is 4.00. The van der Waals surface area contributed by atoms with Crippen molar-refractivity contribution in [2.24, 2.45) is 0 Å². The van der Waals surface area contributed by atoms with Crippen molar-refractivity contribution in [2.45, 2.75) is 32.7 Å². The number of hydrogen-bond donors (Lipinski definition) is 1. The van der Waals surface area contributed by atoms with Gasteiger partial charge in [0, 0.05) is 11.4 Å². The molecule has 0 saturated heterocycles. The fraction of sp³-hybridized carbons (Fsp3) is 0.600. The Hall–Kier alpha value is -0.340. The van der Waals surface area contributed by atoms with Crippen LogP contribution in [0.3, 0.4) is 0 Å². The molecule has 1 heterocycles. The Labute approximate surface area is 78.8 Å². The van der Waals surface area contributed by atoms with Gasteiger partial charge in [0.25, 0.3) is 0 Å². The number of nitrogens with one attached hydrogen (secondary N) is 1. The molecule has 0 spiro atoms. The molecule has 0 aliphatic rings. The van der Waals surface area contributed by atoms with Gasteiger partial charge in [0.15, 0.2) is 0 Å². The average molecular weight is 183 g/mol. The van der Waals surface area contributed by atoms with Crippen molar-refractivity contribution in [1.29, 1.82) is 0 Å². The van der Waals surface area contributed by atoms with Crippen LogP contribution in [0.2, 0.25) is 0 Å². The lowest BCUT2D eigenvalue weighted by Gasteiger charge is -2.00. The van der Waals surface area contributed by atoms with E-state index in [1.54, 1.807) is 0 Å². The molecule has 0 aromatic carbocycles. The van der Waals surface area contributed by atoms with Crippen molar-refractivity contribution in [2.75, 3.05) is 6.54 Å². The van der Waals surface area contributed by atoms with Gasteiger partial charge in [0.1, 0.15) is 0 Å². The van der Waals surface area contributed by atoms with E-state index in [1.807, 2.05) is 11.3 Å². The van der Waals surface area contributed by atoms with Crippen LogP contribution in [0, 0.1) is 0 Å². The maximum absolute atomic E-state index is 3.43. The summed E-state index contributed by atoms with van der Waals surface area (Å²) in [6.45, 7) is 4.44. The van der Waals surface area contributed by atoms with E-state index in [0.29, 0.717) is 0 Å². The first-order valence-electron chi connectivity index (χ1n) is 4.66. The summed E-state index contributed by atoms with van der Waals surface area (Å²) < 4.78 is 0. The minimum atomic E-state index is 1.04. The number of thiophene rings is 1. The Morgan fingerprint density at radius 1 is 1.42 bits per heavy atom. The first kappa shape index (κ1) is 9.75. The standard InChI is InChI=1S/C10H17NS/c1-2-3-4-7-11-9-10-6-5-8-12-10/h5-6,8,11H,2-4,7,9H2,1H3. The number of hydrogen-bond acceptors (Lipinski definition) is 2. The molecule has 0 aliphatic heterocycles. The van der Waals surface area contributed by atoms with Gasteiger partial charge in [-0.15, -0.1) is 11.3 Å². The molecule has 0 atom stereocenters. The Morgan fingerprint density at radius 2 is 2.33 bits per heavy atom. The number of unbranched alkanes of at least 4 members (excludes halogenated alkanes) is 2. The smallest absolute Gasteiger partial charge is 0.0299 e. The van der Waals surface area contributed by atoms with Crippen LogP contribution in [0.15, 0.2) is 17.5 Å². The predicted molar refractivity (Wildman–Crippen MR) is 55.6 cm³/mol. The Bertz CT molecular complexity index is 182. The zero-order valence-electron chi connectivity index (χ0n) is 7.68. The van der Waals surface area contributed by atoms with Gasteiger partial charge >= 0.3 is 0 Å². The average Bonchev–Trinajstić information content (AvgIpc) is 2.57. The van der Waals surface area contributed by atoms with E-state index in [9.17, 15) is 0 Å². The van der Waals surface area contributed by atoms with Crippen molar-refractivity contribution < 1.29 is 0 Å². The second-order valence-electron chi connectivity index (χ2n) is 2.96. The van der Waals surface area contributed by atoms with E-state index in [2.05, 4.69) is 29.8 Å². The SMILES string of the molecule is CCCCCNCc1cccs1. The first-order valence-corrected chi connectivity index (χ1v) is 5.54. The zero-order valence-corrected chi connectivity index (χ0v) is 8.49. The highest BCUT2D eigenvalue weighted by molar-refractivity contribution is 7.09. The zero-order chi connectivity index (χ0) is 8.65. The lowest BCUT2D eigenvalue weighted by molar-refractivity contribution is 0.620. The molecule has 0 bridgehead atoms. The van der Waals surface area contributed by atoms with Gasteiger partial charge in [-0.2, -0.15) is 0 Å². The number of rotatable bonds is 6. The third kappa shape index (κ3) is 3.88. The largest absolute Gasteiger partial charge is 0.312 e. The Balaban J connectivity index is 1.96. The minimum absolute atomic E-state index is 1.04. The highest BCUT2D eigenvalue weighted by Crippen LogP contribution is 2.07. The topological polar surface area (TPSA) is 12.0 Å². The Morgan fingerprint density at radius 3 is 3.00 bits per heavy atom. The summed E-state index contributed by atoms with van der Waals surface area (Å²) in [6, 6.07) is 4.28. The Kier molecular flexibility index (Phi) is 5.04. The third-order valence-corrected chi connectivity index (χ3v) is 2.71. The van der Waals surface area contributed by atoms with E-state index in [0.717, 1.165) is 13.1 Å². The van der Waals surface area contributed by atoms with Crippen molar-refractivity contribution in [3.8, 4) is 0 Å². The summed E-state index contributed by atoms with van der Waals surface area (Å²) in [5.74, 6) is 0. The minimum Gasteiger partial charge on any atom is -0.312 e. The van der Waals surface area contributed by atoms with Gasteiger partial charge < -0.3 is 5.32 Å². The lowest BCUT2D eigenvalue weighted by atomic mass is 10.2. The molecular weight excluding hydrogens is 166 g/mol. The molecule has 68 valence electrons. The first-order chi connectivity index (χ1) is 5.93.